The molecule has 3 fully saturated rings. The van der Waals surface area contributed by atoms with Crippen molar-refractivity contribution in [1.82, 2.24) is 4.90 Å². The zero-order valence-corrected chi connectivity index (χ0v) is 18.5. The average molecular weight is 466 g/mol. The molecule has 8 nitrogen and oxygen atoms in total. The zero-order chi connectivity index (χ0) is 23.1. The first-order valence-corrected chi connectivity index (χ1v) is 11.3. The lowest BCUT2D eigenvalue weighted by molar-refractivity contribution is -0.135. The Hall–Kier alpha value is -3.23. The van der Waals surface area contributed by atoms with Gasteiger partial charge in [0, 0.05) is 18.5 Å². The molecular weight excluding hydrogens is 446 g/mol. The number of carbonyl (C=O) groups excluding carboxylic acids is 4. The van der Waals surface area contributed by atoms with Crippen molar-refractivity contribution in [3.8, 4) is 5.75 Å². The van der Waals surface area contributed by atoms with Crippen molar-refractivity contribution in [2.45, 2.75) is 31.3 Å². The van der Waals surface area contributed by atoms with Gasteiger partial charge in [-0.05, 0) is 49.7 Å². The second-order valence-electron chi connectivity index (χ2n) is 8.89. The fourth-order valence-corrected chi connectivity index (χ4v) is 6.50. The summed E-state index contributed by atoms with van der Waals surface area (Å²) in [4.78, 5) is 55.6. The van der Waals surface area contributed by atoms with E-state index in [1.54, 1.807) is 36.4 Å². The number of rotatable bonds is 2. The number of ether oxygens (including phenoxy) is 1. The van der Waals surface area contributed by atoms with Crippen molar-refractivity contribution in [1.29, 1.82) is 0 Å². The minimum absolute atomic E-state index is 0.201. The fourth-order valence-electron chi connectivity index (χ4n) is 6.28. The van der Waals surface area contributed by atoms with Crippen molar-refractivity contribution in [3.63, 3.8) is 0 Å². The molecule has 0 aromatic heterocycles. The van der Waals surface area contributed by atoms with Gasteiger partial charge in [0.05, 0.1) is 28.2 Å². The van der Waals surface area contributed by atoms with Crippen molar-refractivity contribution in [3.05, 3.63) is 53.1 Å². The molecule has 2 aromatic rings. The molecule has 0 unspecified atom stereocenters. The van der Waals surface area contributed by atoms with E-state index >= 15 is 0 Å². The molecule has 4 atom stereocenters. The number of imide groups is 1. The van der Waals surface area contributed by atoms with E-state index in [4.69, 9.17) is 16.3 Å². The summed E-state index contributed by atoms with van der Waals surface area (Å²) in [5.41, 5.74) is 0.304. The SMILES string of the molecule is CC(=O)Oc1ccc(N2C(=O)[C@@H]3[C@@H]4CCCN4[C@@]4(C(=O)Nc5c(Cl)cccc54)[C@H]3C2=O)cc1. The van der Waals surface area contributed by atoms with Crippen LogP contribution in [0.25, 0.3) is 0 Å². The van der Waals surface area contributed by atoms with Crippen LogP contribution in [0.3, 0.4) is 0 Å². The highest BCUT2D eigenvalue weighted by Crippen LogP contribution is 2.61. The van der Waals surface area contributed by atoms with E-state index in [-0.39, 0.29) is 17.9 Å². The number of esters is 1. The Bertz CT molecular complexity index is 1250. The van der Waals surface area contributed by atoms with E-state index in [1.165, 1.54) is 11.8 Å². The molecule has 168 valence electrons. The summed E-state index contributed by atoms with van der Waals surface area (Å²) in [5, 5.41) is 3.31. The largest absolute Gasteiger partial charge is 0.427 e. The molecule has 1 spiro atoms. The number of hydrogen-bond donors (Lipinski definition) is 1. The molecule has 1 N–H and O–H groups in total. The van der Waals surface area contributed by atoms with Gasteiger partial charge in [-0.25, -0.2) is 4.90 Å². The number of nitrogens with zero attached hydrogens (tertiary/aromatic N) is 2. The minimum atomic E-state index is -1.26. The van der Waals surface area contributed by atoms with Gasteiger partial charge in [0.1, 0.15) is 11.3 Å². The third-order valence-electron chi connectivity index (χ3n) is 7.33. The fraction of sp³-hybridized carbons (Fsp3) is 0.333. The molecule has 3 saturated heterocycles. The first kappa shape index (κ1) is 20.4. The van der Waals surface area contributed by atoms with Crippen LogP contribution in [-0.4, -0.2) is 41.2 Å². The highest BCUT2D eigenvalue weighted by atomic mass is 35.5. The van der Waals surface area contributed by atoms with E-state index in [9.17, 15) is 19.2 Å². The van der Waals surface area contributed by atoms with Crippen molar-refractivity contribution >= 4 is 46.7 Å². The Kier molecular flexibility index (Phi) is 4.25. The lowest BCUT2D eigenvalue weighted by Gasteiger charge is -2.36. The number of nitrogens with one attached hydrogen (secondary N) is 1. The minimum Gasteiger partial charge on any atom is -0.427 e. The van der Waals surface area contributed by atoms with E-state index in [2.05, 4.69) is 10.2 Å². The van der Waals surface area contributed by atoms with Crippen LogP contribution in [0.2, 0.25) is 5.02 Å². The molecule has 4 aliphatic rings. The molecular formula is C24H20ClN3O5. The van der Waals surface area contributed by atoms with Gasteiger partial charge in [0.25, 0.3) is 5.91 Å². The van der Waals surface area contributed by atoms with E-state index in [1.807, 2.05) is 6.07 Å². The van der Waals surface area contributed by atoms with Gasteiger partial charge in [-0.1, -0.05) is 23.7 Å². The molecule has 3 amide bonds. The number of hydrogen-bond acceptors (Lipinski definition) is 6. The molecule has 0 aliphatic carbocycles. The van der Waals surface area contributed by atoms with Crippen LogP contribution in [-0.2, 0) is 24.7 Å². The van der Waals surface area contributed by atoms with Crippen LogP contribution in [0.1, 0.15) is 25.3 Å². The lowest BCUT2D eigenvalue weighted by Crippen LogP contribution is -2.54. The Labute approximate surface area is 194 Å². The number of halogens is 1. The van der Waals surface area contributed by atoms with Gasteiger partial charge in [0.2, 0.25) is 11.8 Å². The summed E-state index contributed by atoms with van der Waals surface area (Å²) in [6.07, 6.45) is 1.59. The monoisotopic (exact) mass is 465 g/mol. The lowest BCUT2D eigenvalue weighted by atomic mass is 9.75. The van der Waals surface area contributed by atoms with Gasteiger partial charge < -0.3 is 10.1 Å². The second kappa shape index (κ2) is 6.88. The molecule has 6 rings (SSSR count). The Balaban J connectivity index is 1.47. The molecule has 0 saturated carbocycles. The van der Waals surface area contributed by atoms with Crippen molar-refractivity contribution in [2.24, 2.45) is 11.8 Å². The van der Waals surface area contributed by atoms with Crippen LogP contribution in [0.4, 0.5) is 11.4 Å². The zero-order valence-electron chi connectivity index (χ0n) is 17.7. The number of amides is 3. The van der Waals surface area contributed by atoms with Crippen molar-refractivity contribution in [2.75, 3.05) is 16.8 Å². The summed E-state index contributed by atoms with van der Waals surface area (Å²) in [7, 11) is 0. The number of fused-ring (bicyclic) bond motifs is 7. The third-order valence-corrected chi connectivity index (χ3v) is 7.65. The van der Waals surface area contributed by atoms with Crippen LogP contribution < -0.4 is 15.0 Å². The van der Waals surface area contributed by atoms with Crippen molar-refractivity contribution < 1.29 is 23.9 Å². The summed E-state index contributed by atoms with van der Waals surface area (Å²) in [5.74, 6) is -2.61. The first-order chi connectivity index (χ1) is 15.9. The maximum absolute atomic E-state index is 13.9. The van der Waals surface area contributed by atoms with Crippen LogP contribution in [0, 0.1) is 11.8 Å². The summed E-state index contributed by atoms with van der Waals surface area (Å²) >= 11 is 6.39. The molecule has 4 aliphatic heterocycles. The average Bonchev–Trinajstić information content (AvgIpc) is 3.48. The van der Waals surface area contributed by atoms with Gasteiger partial charge >= 0.3 is 5.97 Å². The van der Waals surface area contributed by atoms with E-state index in [0.29, 0.717) is 34.3 Å². The smallest absolute Gasteiger partial charge is 0.308 e. The number of carbonyl (C=O) groups is 4. The summed E-state index contributed by atoms with van der Waals surface area (Å²) in [6.45, 7) is 1.93. The Morgan fingerprint density at radius 1 is 1.12 bits per heavy atom. The van der Waals surface area contributed by atoms with Gasteiger partial charge in [-0.15, -0.1) is 0 Å². The van der Waals surface area contributed by atoms with E-state index < -0.39 is 29.3 Å². The van der Waals surface area contributed by atoms with Gasteiger partial charge in [0.15, 0.2) is 0 Å². The topological polar surface area (TPSA) is 96.0 Å². The predicted molar refractivity (Wildman–Crippen MR) is 119 cm³/mol. The maximum Gasteiger partial charge on any atom is 0.308 e. The molecule has 9 heteroatoms. The van der Waals surface area contributed by atoms with Crippen LogP contribution >= 0.6 is 11.6 Å². The van der Waals surface area contributed by atoms with Crippen LogP contribution in [0.5, 0.6) is 5.75 Å². The molecule has 33 heavy (non-hydrogen) atoms. The quantitative estimate of drug-likeness (QED) is 0.416. The molecule has 2 aromatic carbocycles. The Morgan fingerprint density at radius 2 is 1.88 bits per heavy atom. The van der Waals surface area contributed by atoms with Gasteiger partial charge in [-0.2, -0.15) is 0 Å². The first-order valence-electron chi connectivity index (χ1n) is 10.9. The van der Waals surface area contributed by atoms with Gasteiger partial charge in [-0.3, -0.25) is 24.1 Å². The number of benzene rings is 2. The normalized spacial score (nSPS) is 29.9. The summed E-state index contributed by atoms with van der Waals surface area (Å²) in [6, 6.07) is 11.3. The van der Waals surface area contributed by atoms with E-state index in [0.717, 1.165) is 12.8 Å². The second-order valence-corrected chi connectivity index (χ2v) is 9.30. The summed E-state index contributed by atoms with van der Waals surface area (Å²) < 4.78 is 5.06. The Morgan fingerprint density at radius 3 is 2.61 bits per heavy atom. The maximum atomic E-state index is 13.9. The van der Waals surface area contributed by atoms with Crippen LogP contribution in [0.15, 0.2) is 42.5 Å². The highest BCUT2D eigenvalue weighted by molar-refractivity contribution is 6.35. The number of anilines is 2. The third kappa shape index (κ3) is 2.50. The predicted octanol–water partition coefficient (Wildman–Crippen LogP) is 2.70. The molecule has 0 radical (unpaired) electrons. The molecule has 0 bridgehead atoms. The number of para-hydroxylation sites is 1. The standard InChI is InChI=1S/C24H20ClN3O5/c1-12(29)33-14-9-7-13(8-10-14)28-21(30)18-17-6-3-11-27(17)24(19(18)22(28)31)15-4-2-5-16(25)20(15)26-23(24)32/h2,4-5,7-10,17-19H,3,6,11H2,1H3,(H,26,32)/t17-,18+,19+,24+/m0/s1. The highest BCUT2D eigenvalue weighted by Gasteiger charge is 2.74. The molecule has 4 heterocycles.